The van der Waals surface area contributed by atoms with E-state index in [2.05, 4.69) is 0 Å². The third kappa shape index (κ3) is 4.31. The number of carboxylic acids is 1. The maximum Gasteiger partial charge on any atom is 0.460 e. The van der Waals surface area contributed by atoms with Crippen molar-refractivity contribution in [3.05, 3.63) is 11.4 Å². The summed E-state index contributed by atoms with van der Waals surface area (Å²) in [5.41, 5.74) is -4.54. The highest BCUT2D eigenvalue weighted by Gasteiger charge is 2.95. The summed E-state index contributed by atoms with van der Waals surface area (Å²) >= 11 is 0. The second-order valence-corrected chi connectivity index (χ2v) is 6.01. The lowest BCUT2D eigenvalue weighted by Gasteiger charge is -2.42. The van der Waals surface area contributed by atoms with Gasteiger partial charge in [-0.3, -0.25) is 0 Å². The number of carbonyl (C=O) groups is 1. The van der Waals surface area contributed by atoms with Gasteiger partial charge >= 0.3 is 59.8 Å². The average Bonchev–Trinajstić information content (AvgIpc) is 2.57. The van der Waals surface area contributed by atoms with E-state index >= 15 is 0 Å². The molecule has 1 N–H and O–H groups in total. The van der Waals surface area contributed by atoms with Crippen LogP contribution in [0.1, 0.15) is 0 Å². The van der Waals surface area contributed by atoms with E-state index in [0.717, 1.165) is 0 Å². The summed E-state index contributed by atoms with van der Waals surface area (Å²) in [6, 6.07) is 0. The molecular formula is C12HF21O2. The molecule has 0 heterocycles. The summed E-state index contributed by atoms with van der Waals surface area (Å²) in [4.78, 5) is 10.2. The van der Waals surface area contributed by atoms with Gasteiger partial charge in [0.25, 0.3) is 0 Å². The molecule has 0 atom stereocenters. The molecule has 0 fully saturated rings. The van der Waals surface area contributed by atoms with Gasteiger partial charge in [-0.25, -0.2) is 9.18 Å². The molecule has 0 aromatic heterocycles. The van der Waals surface area contributed by atoms with Gasteiger partial charge in [0.1, 0.15) is 0 Å². The Bertz CT molecular complexity index is 857. The summed E-state index contributed by atoms with van der Waals surface area (Å²) in [7, 11) is 0. The third-order valence-corrected chi connectivity index (χ3v) is 3.71. The molecule has 0 amide bonds. The molecule has 208 valence electrons. The minimum Gasteiger partial charge on any atom is -0.478 e. The lowest BCUT2D eigenvalue weighted by Crippen LogP contribution is -2.74. The van der Waals surface area contributed by atoms with E-state index in [9.17, 15) is 97.0 Å². The summed E-state index contributed by atoms with van der Waals surface area (Å²) in [5, 5.41) is 7.93. The van der Waals surface area contributed by atoms with Crippen LogP contribution in [0.3, 0.4) is 0 Å². The van der Waals surface area contributed by atoms with Crippen molar-refractivity contribution in [2.24, 2.45) is 0 Å². The Kier molecular flexibility index (Phi) is 7.60. The van der Waals surface area contributed by atoms with Gasteiger partial charge in [0.2, 0.25) is 0 Å². The van der Waals surface area contributed by atoms with Crippen LogP contribution in [0.2, 0.25) is 0 Å². The highest BCUT2D eigenvalue weighted by atomic mass is 19.4. The standard InChI is InChI=1S/C12HF21O2/c13-2(1(3(34)35)5(16,17)18)4(14,15)6(19,20)7(21,22)8(23,24)9(25,26)10(27,28)11(29,30)12(31,32)33/h(H,34,35). The SMILES string of the molecule is O=C(O)C(=C(F)C(F)(F)C(F)(F)C(F)(F)C(F)(F)C(F)(F)C(F)(F)C(F)(F)C(F)(F)F)C(F)(F)F. The van der Waals surface area contributed by atoms with Crippen LogP contribution >= 0.6 is 0 Å². The summed E-state index contributed by atoms with van der Waals surface area (Å²) in [6.07, 6.45) is -15.1. The number of hydrogen-bond acceptors (Lipinski definition) is 1. The van der Waals surface area contributed by atoms with Crippen molar-refractivity contribution in [1.82, 2.24) is 0 Å². The normalized spacial score (nSPS) is 16.8. The fourth-order valence-electron chi connectivity index (χ4n) is 1.80. The molecular weight excluding hydrogens is 575 g/mol. The van der Waals surface area contributed by atoms with Gasteiger partial charge in [-0.1, -0.05) is 0 Å². The molecule has 0 aliphatic carbocycles. The molecule has 0 spiro atoms. The zero-order valence-electron chi connectivity index (χ0n) is 14.8. The topological polar surface area (TPSA) is 37.3 Å². The fourth-order valence-corrected chi connectivity index (χ4v) is 1.80. The third-order valence-electron chi connectivity index (χ3n) is 3.71. The molecule has 0 unspecified atom stereocenters. The number of halogens is 21. The molecule has 0 bridgehead atoms. The number of aliphatic carboxylic acids is 1. The first-order valence-electron chi connectivity index (χ1n) is 7.15. The first-order valence-corrected chi connectivity index (χ1v) is 7.15. The monoisotopic (exact) mass is 576 g/mol. The Labute approximate surface area is 174 Å². The Morgan fingerprint density at radius 2 is 0.714 bits per heavy atom. The van der Waals surface area contributed by atoms with Crippen molar-refractivity contribution in [3.63, 3.8) is 0 Å². The van der Waals surface area contributed by atoms with E-state index in [0.29, 0.717) is 0 Å². The molecule has 0 aromatic carbocycles. The molecule has 23 heteroatoms. The quantitative estimate of drug-likeness (QED) is 0.253. The Morgan fingerprint density at radius 1 is 0.457 bits per heavy atom. The smallest absolute Gasteiger partial charge is 0.460 e. The molecule has 0 aliphatic heterocycles. The minimum atomic E-state index is -9.16. The molecule has 0 aromatic rings. The highest BCUT2D eigenvalue weighted by Crippen LogP contribution is 2.64. The van der Waals surface area contributed by atoms with Gasteiger partial charge in [-0.05, 0) is 0 Å². The minimum absolute atomic E-state index is 4.04. The highest BCUT2D eigenvalue weighted by molar-refractivity contribution is 5.89. The summed E-state index contributed by atoms with van der Waals surface area (Å²) < 4.78 is 270. The molecule has 2 nitrogen and oxygen atoms in total. The van der Waals surface area contributed by atoms with Crippen LogP contribution in [-0.4, -0.2) is 64.9 Å². The second-order valence-electron chi connectivity index (χ2n) is 6.01. The predicted molar refractivity (Wildman–Crippen MR) is 62.5 cm³/mol. The second kappa shape index (κ2) is 8.13. The molecule has 0 aliphatic rings. The van der Waals surface area contributed by atoms with E-state index in [1.807, 2.05) is 0 Å². The number of hydrogen-bond donors (Lipinski definition) is 1. The average molecular weight is 576 g/mol. The van der Waals surface area contributed by atoms with Gasteiger partial charge in [0.15, 0.2) is 11.4 Å². The van der Waals surface area contributed by atoms with Crippen LogP contribution in [0.4, 0.5) is 92.2 Å². The van der Waals surface area contributed by atoms with Crippen LogP contribution < -0.4 is 0 Å². The zero-order valence-corrected chi connectivity index (χ0v) is 14.8. The van der Waals surface area contributed by atoms with Crippen LogP contribution in [0, 0.1) is 0 Å². The summed E-state index contributed by atoms with van der Waals surface area (Å²) in [6.45, 7) is 0. The largest absolute Gasteiger partial charge is 0.478 e. The van der Waals surface area contributed by atoms with Crippen LogP contribution in [0.25, 0.3) is 0 Å². The zero-order chi connectivity index (χ0) is 29.2. The number of allylic oxidation sites excluding steroid dienone is 1. The van der Waals surface area contributed by atoms with Gasteiger partial charge in [0.05, 0.1) is 0 Å². The first-order chi connectivity index (χ1) is 14.7. The van der Waals surface area contributed by atoms with Crippen molar-refractivity contribution in [3.8, 4) is 0 Å². The van der Waals surface area contributed by atoms with Crippen molar-refractivity contribution < 1.29 is 102 Å². The molecule has 0 saturated carbocycles. The lowest BCUT2D eigenvalue weighted by atomic mass is 9.88. The van der Waals surface area contributed by atoms with E-state index in [-0.39, 0.29) is 0 Å². The fraction of sp³-hybridized carbons (Fsp3) is 0.750. The van der Waals surface area contributed by atoms with Crippen LogP contribution in [0.15, 0.2) is 11.4 Å². The predicted octanol–water partition coefficient (Wildman–Crippen LogP) is 6.87. The number of carboxylic acid groups (broad SMARTS) is 1. The van der Waals surface area contributed by atoms with E-state index < -0.39 is 71.2 Å². The van der Waals surface area contributed by atoms with Crippen molar-refractivity contribution in [1.29, 1.82) is 0 Å². The van der Waals surface area contributed by atoms with Crippen LogP contribution in [0.5, 0.6) is 0 Å². The van der Waals surface area contributed by atoms with Gasteiger partial charge in [0, 0.05) is 0 Å². The Hall–Kier alpha value is -2.26. The molecule has 0 radical (unpaired) electrons. The number of alkyl halides is 20. The van der Waals surface area contributed by atoms with Gasteiger partial charge < -0.3 is 5.11 Å². The van der Waals surface area contributed by atoms with Crippen molar-refractivity contribution in [2.75, 3.05) is 0 Å². The van der Waals surface area contributed by atoms with E-state index in [4.69, 9.17) is 5.11 Å². The Balaban J connectivity index is 7.23. The maximum absolute atomic E-state index is 13.4. The lowest BCUT2D eigenvalue weighted by molar-refractivity contribution is -0.460. The van der Waals surface area contributed by atoms with Crippen molar-refractivity contribution >= 4 is 5.97 Å². The maximum atomic E-state index is 13.4. The first kappa shape index (κ1) is 32.7. The Morgan fingerprint density at radius 3 is 0.943 bits per heavy atom. The summed E-state index contributed by atoms with van der Waals surface area (Å²) in [5.74, 6) is -71.1. The van der Waals surface area contributed by atoms with E-state index in [1.54, 1.807) is 0 Å². The molecule has 35 heavy (non-hydrogen) atoms. The van der Waals surface area contributed by atoms with E-state index in [1.165, 1.54) is 0 Å². The molecule has 0 rings (SSSR count). The van der Waals surface area contributed by atoms with Crippen LogP contribution in [-0.2, 0) is 4.79 Å². The van der Waals surface area contributed by atoms with Crippen molar-refractivity contribution in [2.45, 2.75) is 53.8 Å². The molecule has 0 saturated heterocycles. The van der Waals surface area contributed by atoms with Gasteiger partial charge in [-0.15, -0.1) is 0 Å². The number of rotatable bonds is 8. The van der Waals surface area contributed by atoms with Gasteiger partial charge in [-0.2, -0.15) is 87.8 Å².